The predicted octanol–water partition coefficient (Wildman–Crippen LogP) is 3.18. The van der Waals surface area contributed by atoms with Crippen LogP contribution < -0.4 is 10.5 Å². The van der Waals surface area contributed by atoms with Crippen LogP contribution in [0.4, 0.5) is 4.39 Å². The number of primary amides is 1. The fourth-order valence-electron chi connectivity index (χ4n) is 1.46. The molecule has 1 heterocycles. The summed E-state index contributed by atoms with van der Waals surface area (Å²) in [6.07, 6.45) is 0. The van der Waals surface area contributed by atoms with Gasteiger partial charge < -0.3 is 10.5 Å². The van der Waals surface area contributed by atoms with Crippen molar-refractivity contribution in [2.75, 3.05) is 0 Å². The van der Waals surface area contributed by atoms with Crippen LogP contribution in [-0.4, -0.2) is 10.9 Å². The molecule has 0 radical (unpaired) electrons. The standard InChI is InChI=1S/C13H10BrFN2O2/c1-7-2-4-9(12(16)18)13(17-7)19-11-6-8(14)3-5-10(11)15/h2-6H,1H3,(H2,16,18). The van der Waals surface area contributed by atoms with E-state index in [1.54, 1.807) is 19.1 Å². The third-order valence-corrected chi connectivity index (χ3v) is 2.86. The van der Waals surface area contributed by atoms with E-state index in [4.69, 9.17) is 10.5 Å². The van der Waals surface area contributed by atoms with Crippen LogP contribution in [0.2, 0.25) is 0 Å². The summed E-state index contributed by atoms with van der Waals surface area (Å²) in [5.74, 6) is -1.28. The number of rotatable bonds is 3. The normalized spacial score (nSPS) is 10.3. The van der Waals surface area contributed by atoms with Crippen molar-refractivity contribution in [3.8, 4) is 11.6 Å². The largest absolute Gasteiger partial charge is 0.435 e. The number of carbonyl (C=O) groups is 1. The minimum Gasteiger partial charge on any atom is -0.435 e. The summed E-state index contributed by atoms with van der Waals surface area (Å²) < 4.78 is 19.6. The number of pyridine rings is 1. The van der Waals surface area contributed by atoms with Gasteiger partial charge in [0.1, 0.15) is 5.56 Å². The highest BCUT2D eigenvalue weighted by Gasteiger charge is 2.14. The van der Waals surface area contributed by atoms with Crippen molar-refractivity contribution in [2.45, 2.75) is 6.92 Å². The minimum atomic E-state index is -0.682. The lowest BCUT2D eigenvalue weighted by molar-refractivity contribution is 0.0997. The van der Waals surface area contributed by atoms with Gasteiger partial charge in [0.05, 0.1) is 0 Å². The van der Waals surface area contributed by atoms with E-state index in [0.717, 1.165) is 0 Å². The number of aromatic nitrogens is 1. The van der Waals surface area contributed by atoms with Gasteiger partial charge in [-0.15, -0.1) is 0 Å². The van der Waals surface area contributed by atoms with Crippen molar-refractivity contribution in [3.05, 3.63) is 51.9 Å². The molecule has 0 atom stereocenters. The Hall–Kier alpha value is -1.95. The zero-order valence-corrected chi connectivity index (χ0v) is 11.6. The van der Waals surface area contributed by atoms with Crippen LogP contribution in [0.15, 0.2) is 34.8 Å². The van der Waals surface area contributed by atoms with Gasteiger partial charge in [-0.1, -0.05) is 15.9 Å². The van der Waals surface area contributed by atoms with Gasteiger partial charge in [0.15, 0.2) is 11.6 Å². The first kappa shape index (κ1) is 13.5. The molecular weight excluding hydrogens is 315 g/mol. The molecule has 6 heteroatoms. The molecule has 0 aliphatic heterocycles. The fraction of sp³-hybridized carbons (Fsp3) is 0.0769. The minimum absolute atomic E-state index is 0.00972. The van der Waals surface area contributed by atoms with Crippen molar-refractivity contribution >= 4 is 21.8 Å². The monoisotopic (exact) mass is 324 g/mol. The maximum Gasteiger partial charge on any atom is 0.254 e. The molecule has 19 heavy (non-hydrogen) atoms. The van der Waals surface area contributed by atoms with Crippen molar-refractivity contribution in [3.63, 3.8) is 0 Å². The van der Waals surface area contributed by atoms with Gasteiger partial charge in [0.25, 0.3) is 5.91 Å². The van der Waals surface area contributed by atoms with E-state index in [1.807, 2.05) is 0 Å². The number of amides is 1. The average Bonchev–Trinajstić information content (AvgIpc) is 2.33. The molecule has 98 valence electrons. The smallest absolute Gasteiger partial charge is 0.254 e. The number of ether oxygens (including phenoxy) is 1. The molecule has 1 amide bonds. The highest BCUT2D eigenvalue weighted by molar-refractivity contribution is 9.10. The van der Waals surface area contributed by atoms with E-state index in [-0.39, 0.29) is 17.2 Å². The van der Waals surface area contributed by atoms with E-state index in [0.29, 0.717) is 10.2 Å². The molecule has 2 rings (SSSR count). The van der Waals surface area contributed by atoms with Crippen molar-refractivity contribution in [1.29, 1.82) is 0 Å². The maximum absolute atomic E-state index is 13.6. The molecule has 0 bridgehead atoms. The molecule has 0 aliphatic rings. The van der Waals surface area contributed by atoms with E-state index in [9.17, 15) is 9.18 Å². The second-order valence-corrected chi connectivity index (χ2v) is 4.76. The number of aryl methyl sites for hydroxylation is 1. The maximum atomic E-state index is 13.6. The van der Waals surface area contributed by atoms with E-state index < -0.39 is 11.7 Å². The summed E-state index contributed by atoms with van der Waals surface area (Å²) in [5.41, 5.74) is 5.96. The Morgan fingerprint density at radius 2 is 2.11 bits per heavy atom. The highest BCUT2D eigenvalue weighted by Crippen LogP contribution is 2.28. The molecule has 1 aromatic heterocycles. The van der Waals surface area contributed by atoms with Gasteiger partial charge in [-0.2, -0.15) is 0 Å². The zero-order chi connectivity index (χ0) is 14.0. The number of halogens is 2. The molecule has 2 aromatic rings. The Morgan fingerprint density at radius 3 is 2.79 bits per heavy atom. The fourth-order valence-corrected chi connectivity index (χ4v) is 1.80. The van der Waals surface area contributed by atoms with Gasteiger partial charge in [-0.3, -0.25) is 4.79 Å². The molecule has 0 saturated carbocycles. The molecule has 0 fully saturated rings. The first-order valence-electron chi connectivity index (χ1n) is 5.37. The van der Waals surface area contributed by atoms with Crippen molar-refractivity contribution in [2.24, 2.45) is 5.73 Å². The number of hydrogen-bond donors (Lipinski definition) is 1. The summed E-state index contributed by atoms with van der Waals surface area (Å²) in [6, 6.07) is 7.37. The van der Waals surface area contributed by atoms with Gasteiger partial charge in [0.2, 0.25) is 5.88 Å². The number of benzene rings is 1. The highest BCUT2D eigenvalue weighted by atomic mass is 79.9. The van der Waals surface area contributed by atoms with Crippen molar-refractivity contribution < 1.29 is 13.9 Å². The van der Waals surface area contributed by atoms with Crippen LogP contribution in [0.3, 0.4) is 0 Å². The lowest BCUT2D eigenvalue weighted by atomic mass is 10.2. The quantitative estimate of drug-likeness (QED) is 0.942. The van der Waals surface area contributed by atoms with E-state index in [1.165, 1.54) is 18.2 Å². The lowest BCUT2D eigenvalue weighted by Gasteiger charge is -2.09. The zero-order valence-electron chi connectivity index (χ0n) is 9.98. The van der Waals surface area contributed by atoms with Gasteiger partial charge >= 0.3 is 0 Å². The number of nitrogens with zero attached hydrogens (tertiary/aromatic N) is 1. The Balaban J connectivity index is 2.45. The summed E-state index contributed by atoms with van der Waals surface area (Å²) in [6.45, 7) is 1.73. The summed E-state index contributed by atoms with van der Waals surface area (Å²) >= 11 is 3.21. The summed E-state index contributed by atoms with van der Waals surface area (Å²) in [5, 5.41) is 0. The number of nitrogens with two attached hydrogens (primary N) is 1. The van der Waals surface area contributed by atoms with Crippen LogP contribution in [-0.2, 0) is 0 Å². The Bertz CT molecular complexity index is 647. The summed E-state index contributed by atoms with van der Waals surface area (Å²) in [7, 11) is 0. The predicted molar refractivity (Wildman–Crippen MR) is 71.7 cm³/mol. The van der Waals surface area contributed by atoms with Crippen LogP contribution in [0.25, 0.3) is 0 Å². The molecule has 0 saturated heterocycles. The second-order valence-electron chi connectivity index (χ2n) is 3.85. The third kappa shape index (κ3) is 3.08. The molecule has 2 N–H and O–H groups in total. The SMILES string of the molecule is Cc1ccc(C(N)=O)c(Oc2cc(Br)ccc2F)n1. The third-order valence-electron chi connectivity index (χ3n) is 2.36. The second kappa shape index (κ2) is 5.36. The Kier molecular flexibility index (Phi) is 3.80. The number of carbonyl (C=O) groups excluding carboxylic acids is 1. The average molecular weight is 325 g/mol. The molecule has 0 aliphatic carbocycles. The summed E-state index contributed by atoms with van der Waals surface area (Å²) in [4.78, 5) is 15.3. The first-order valence-corrected chi connectivity index (χ1v) is 6.17. The Morgan fingerprint density at radius 1 is 1.37 bits per heavy atom. The van der Waals surface area contributed by atoms with E-state index >= 15 is 0 Å². The van der Waals surface area contributed by atoms with Crippen LogP contribution in [0.5, 0.6) is 11.6 Å². The van der Waals surface area contributed by atoms with Crippen LogP contribution in [0.1, 0.15) is 16.1 Å². The molecule has 4 nitrogen and oxygen atoms in total. The van der Waals surface area contributed by atoms with Crippen LogP contribution >= 0.6 is 15.9 Å². The van der Waals surface area contributed by atoms with Crippen molar-refractivity contribution in [1.82, 2.24) is 4.98 Å². The molecule has 1 aromatic carbocycles. The topological polar surface area (TPSA) is 65.2 Å². The number of hydrogen-bond acceptors (Lipinski definition) is 3. The Labute approximate surface area is 117 Å². The molecule has 0 unspecified atom stereocenters. The van der Waals surface area contributed by atoms with E-state index in [2.05, 4.69) is 20.9 Å². The van der Waals surface area contributed by atoms with Gasteiger partial charge in [-0.25, -0.2) is 9.37 Å². The van der Waals surface area contributed by atoms with Gasteiger partial charge in [-0.05, 0) is 37.3 Å². The molecular formula is C13H10BrFN2O2. The first-order chi connectivity index (χ1) is 8.97. The molecule has 0 spiro atoms. The van der Waals surface area contributed by atoms with Crippen LogP contribution in [0, 0.1) is 12.7 Å². The lowest BCUT2D eigenvalue weighted by Crippen LogP contribution is -2.13. The van der Waals surface area contributed by atoms with Gasteiger partial charge in [0, 0.05) is 10.2 Å².